The number of fused-ring (bicyclic) bond motifs is 1. The maximum Gasteiger partial charge on any atom is 0.201 e. The first-order valence-corrected chi connectivity index (χ1v) is 7.43. The number of halogens is 1. The van der Waals surface area contributed by atoms with Gasteiger partial charge in [0, 0.05) is 23.6 Å². The largest absolute Gasteiger partial charge is 0.369 e. The van der Waals surface area contributed by atoms with Gasteiger partial charge in [0.2, 0.25) is 5.95 Å². The van der Waals surface area contributed by atoms with E-state index in [1.54, 1.807) is 0 Å². The van der Waals surface area contributed by atoms with Crippen LogP contribution in [0.5, 0.6) is 0 Å². The van der Waals surface area contributed by atoms with E-state index in [0.29, 0.717) is 12.0 Å². The number of rotatable bonds is 5. The lowest BCUT2D eigenvalue weighted by atomic mass is 10.2. The Labute approximate surface area is 122 Å². The SMILES string of the molecule is CCC(C)N(C)CCn1c(N)nc2cc(Br)ccc21. The van der Waals surface area contributed by atoms with Gasteiger partial charge in [-0.05, 0) is 38.6 Å². The van der Waals surface area contributed by atoms with Crippen LogP contribution in [-0.4, -0.2) is 34.1 Å². The maximum absolute atomic E-state index is 6.02. The van der Waals surface area contributed by atoms with E-state index in [4.69, 9.17) is 5.73 Å². The van der Waals surface area contributed by atoms with E-state index in [-0.39, 0.29) is 0 Å². The fraction of sp³-hybridized carbons (Fsp3) is 0.500. The van der Waals surface area contributed by atoms with Crippen molar-refractivity contribution in [2.24, 2.45) is 0 Å². The van der Waals surface area contributed by atoms with Crippen molar-refractivity contribution in [2.45, 2.75) is 32.9 Å². The van der Waals surface area contributed by atoms with Crippen LogP contribution in [0.25, 0.3) is 11.0 Å². The summed E-state index contributed by atoms with van der Waals surface area (Å²) in [5, 5.41) is 0. The van der Waals surface area contributed by atoms with Gasteiger partial charge < -0.3 is 15.2 Å². The van der Waals surface area contributed by atoms with Crippen LogP contribution < -0.4 is 5.73 Å². The zero-order valence-corrected chi connectivity index (χ0v) is 13.3. The van der Waals surface area contributed by atoms with Crippen LogP contribution in [0.1, 0.15) is 20.3 Å². The number of hydrogen-bond donors (Lipinski definition) is 1. The van der Waals surface area contributed by atoms with Crippen LogP contribution >= 0.6 is 15.9 Å². The molecular weight excluding hydrogens is 304 g/mol. The summed E-state index contributed by atoms with van der Waals surface area (Å²) in [5.74, 6) is 0.589. The molecule has 0 radical (unpaired) electrons. The highest BCUT2D eigenvalue weighted by atomic mass is 79.9. The molecule has 1 heterocycles. The molecule has 1 aromatic carbocycles. The second-order valence-corrected chi connectivity index (χ2v) is 5.91. The Balaban J connectivity index is 2.19. The Kier molecular flexibility index (Phi) is 4.47. The topological polar surface area (TPSA) is 47.1 Å². The molecule has 104 valence electrons. The zero-order chi connectivity index (χ0) is 14.0. The molecule has 2 rings (SSSR count). The highest BCUT2D eigenvalue weighted by Gasteiger charge is 2.11. The molecule has 2 N–H and O–H groups in total. The van der Waals surface area contributed by atoms with Gasteiger partial charge in [0.05, 0.1) is 11.0 Å². The molecule has 0 spiro atoms. The summed E-state index contributed by atoms with van der Waals surface area (Å²) < 4.78 is 3.11. The molecule has 2 aromatic rings. The molecule has 0 bridgehead atoms. The van der Waals surface area contributed by atoms with Crippen LogP contribution in [0.4, 0.5) is 5.95 Å². The first kappa shape index (κ1) is 14.3. The third kappa shape index (κ3) is 3.09. The third-order valence-corrected chi connectivity index (χ3v) is 4.25. The van der Waals surface area contributed by atoms with Crippen LogP contribution in [0.15, 0.2) is 22.7 Å². The van der Waals surface area contributed by atoms with E-state index in [1.807, 2.05) is 12.1 Å². The highest BCUT2D eigenvalue weighted by molar-refractivity contribution is 9.10. The van der Waals surface area contributed by atoms with Crippen LogP contribution in [-0.2, 0) is 6.54 Å². The van der Waals surface area contributed by atoms with E-state index in [1.165, 1.54) is 0 Å². The minimum Gasteiger partial charge on any atom is -0.369 e. The molecule has 1 unspecified atom stereocenters. The molecule has 0 saturated heterocycles. The Bertz CT molecular complexity index is 564. The summed E-state index contributed by atoms with van der Waals surface area (Å²) in [6, 6.07) is 6.68. The van der Waals surface area contributed by atoms with Crippen molar-refractivity contribution in [1.82, 2.24) is 14.5 Å². The Morgan fingerprint density at radius 3 is 2.89 bits per heavy atom. The normalized spacial score (nSPS) is 13.3. The number of likely N-dealkylation sites (N-methyl/N-ethyl adjacent to an activating group) is 1. The fourth-order valence-electron chi connectivity index (χ4n) is 2.15. The van der Waals surface area contributed by atoms with Gasteiger partial charge in [0.15, 0.2) is 0 Å². The molecule has 0 fully saturated rings. The smallest absolute Gasteiger partial charge is 0.201 e. The molecule has 1 atom stereocenters. The van der Waals surface area contributed by atoms with Crippen molar-refractivity contribution in [3.8, 4) is 0 Å². The quantitative estimate of drug-likeness (QED) is 0.919. The summed E-state index contributed by atoms with van der Waals surface area (Å²) in [7, 11) is 2.15. The molecule has 4 nitrogen and oxygen atoms in total. The Morgan fingerprint density at radius 2 is 2.21 bits per heavy atom. The third-order valence-electron chi connectivity index (χ3n) is 3.76. The van der Waals surface area contributed by atoms with Crippen LogP contribution in [0.3, 0.4) is 0 Å². The predicted octanol–water partition coefficient (Wildman–Crippen LogP) is 3.11. The average molecular weight is 325 g/mol. The number of hydrogen-bond acceptors (Lipinski definition) is 3. The highest BCUT2D eigenvalue weighted by Crippen LogP contribution is 2.22. The summed E-state index contributed by atoms with van der Waals surface area (Å²) in [6.07, 6.45) is 1.16. The van der Waals surface area contributed by atoms with Crippen LogP contribution in [0, 0.1) is 0 Å². The number of nitrogens with zero attached hydrogens (tertiary/aromatic N) is 3. The first-order chi connectivity index (χ1) is 9.02. The summed E-state index contributed by atoms with van der Waals surface area (Å²) in [6.45, 7) is 6.29. The second kappa shape index (κ2) is 5.92. The molecule has 1 aromatic heterocycles. The molecule has 5 heteroatoms. The van der Waals surface area contributed by atoms with Gasteiger partial charge in [0.1, 0.15) is 0 Å². The molecule has 0 aliphatic rings. The maximum atomic E-state index is 6.02. The van der Waals surface area contributed by atoms with Crippen molar-refractivity contribution in [3.63, 3.8) is 0 Å². The molecule has 0 saturated carbocycles. The van der Waals surface area contributed by atoms with E-state index < -0.39 is 0 Å². The first-order valence-electron chi connectivity index (χ1n) is 6.64. The number of imidazole rings is 1. The van der Waals surface area contributed by atoms with Gasteiger partial charge in [-0.3, -0.25) is 0 Å². The van der Waals surface area contributed by atoms with E-state index >= 15 is 0 Å². The van der Waals surface area contributed by atoms with Crippen molar-refractivity contribution < 1.29 is 0 Å². The van der Waals surface area contributed by atoms with Gasteiger partial charge in [-0.15, -0.1) is 0 Å². The standard InChI is InChI=1S/C14H21BrN4/c1-4-10(2)18(3)7-8-19-13-6-5-11(15)9-12(13)17-14(19)16/h5-6,9-10H,4,7-8H2,1-3H3,(H2,16,17). The number of nitrogen functional groups attached to an aromatic ring is 1. The van der Waals surface area contributed by atoms with Crippen molar-refractivity contribution in [1.29, 1.82) is 0 Å². The van der Waals surface area contributed by atoms with E-state index in [0.717, 1.165) is 35.0 Å². The predicted molar refractivity (Wildman–Crippen MR) is 84.2 cm³/mol. The molecule has 0 aliphatic carbocycles. The lowest BCUT2D eigenvalue weighted by Gasteiger charge is -2.23. The fourth-order valence-corrected chi connectivity index (χ4v) is 2.50. The van der Waals surface area contributed by atoms with Gasteiger partial charge in [-0.25, -0.2) is 4.98 Å². The second-order valence-electron chi connectivity index (χ2n) is 4.99. The number of anilines is 1. The van der Waals surface area contributed by atoms with Crippen molar-refractivity contribution >= 4 is 32.9 Å². The zero-order valence-electron chi connectivity index (χ0n) is 11.7. The minimum atomic E-state index is 0.588. The van der Waals surface area contributed by atoms with Crippen molar-refractivity contribution in [3.05, 3.63) is 22.7 Å². The van der Waals surface area contributed by atoms with Gasteiger partial charge in [0.25, 0.3) is 0 Å². The van der Waals surface area contributed by atoms with Crippen molar-refractivity contribution in [2.75, 3.05) is 19.3 Å². The minimum absolute atomic E-state index is 0.588. The lowest BCUT2D eigenvalue weighted by Crippen LogP contribution is -2.31. The van der Waals surface area contributed by atoms with Gasteiger partial charge >= 0.3 is 0 Å². The molecule has 0 aliphatic heterocycles. The lowest BCUT2D eigenvalue weighted by molar-refractivity contribution is 0.244. The Morgan fingerprint density at radius 1 is 1.47 bits per heavy atom. The monoisotopic (exact) mass is 324 g/mol. The Hall–Kier alpha value is -1.07. The number of benzene rings is 1. The molecule has 19 heavy (non-hydrogen) atoms. The van der Waals surface area contributed by atoms with E-state index in [9.17, 15) is 0 Å². The van der Waals surface area contributed by atoms with Crippen LogP contribution in [0.2, 0.25) is 0 Å². The van der Waals surface area contributed by atoms with Gasteiger partial charge in [-0.1, -0.05) is 22.9 Å². The summed E-state index contributed by atoms with van der Waals surface area (Å²) >= 11 is 3.46. The number of nitrogens with two attached hydrogens (primary N) is 1. The number of aromatic nitrogens is 2. The molecular formula is C14H21BrN4. The summed E-state index contributed by atoms with van der Waals surface area (Å²) in [4.78, 5) is 6.76. The summed E-state index contributed by atoms with van der Waals surface area (Å²) in [5.41, 5.74) is 8.05. The molecule has 0 amide bonds. The average Bonchev–Trinajstić information content (AvgIpc) is 2.69. The van der Waals surface area contributed by atoms with Gasteiger partial charge in [-0.2, -0.15) is 0 Å². The van der Waals surface area contributed by atoms with E-state index in [2.05, 4.69) is 57.3 Å².